The van der Waals surface area contributed by atoms with Gasteiger partial charge in [0.25, 0.3) is 0 Å². The van der Waals surface area contributed by atoms with Crippen molar-refractivity contribution in [3.63, 3.8) is 0 Å². The number of hydrogen-bond donors (Lipinski definition) is 3. The van der Waals surface area contributed by atoms with Crippen molar-refractivity contribution in [1.82, 2.24) is 5.32 Å². The highest BCUT2D eigenvalue weighted by Gasteiger charge is 2.20. The first kappa shape index (κ1) is 55.3. The minimum Gasteiger partial charge on any atom is -0.466 e. The number of unbranched alkanes of at least 4 members (excludes halogenated alkanes) is 31. The van der Waals surface area contributed by atoms with E-state index in [0.717, 1.165) is 70.6 Å². The van der Waals surface area contributed by atoms with Crippen LogP contribution in [0.15, 0.2) is 24.3 Å². The van der Waals surface area contributed by atoms with Crippen LogP contribution >= 0.6 is 0 Å². The fourth-order valence-corrected chi connectivity index (χ4v) is 7.58. The van der Waals surface area contributed by atoms with Gasteiger partial charge in [0.1, 0.15) is 0 Å². The molecule has 0 aromatic rings. The molecule has 0 aromatic carbocycles. The molecule has 0 fully saturated rings. The van der Waals surface area contributed by atoms with E-state index in [1.165, 1.54) is 161 Å². The van der Waals surface area contributed by atoms with Crippen molar-refractivity contribution in [3.8, 4) is 0 Å². The fourth-order valence-electron chi connectivity index (χ4n) is 7.58. The second-order valence-electron chi connectivity index (χ2n) is 17.1. The molecule has 57 heavy (non-hydrogen) atoms. The number of rotatable bonds is 46. The molecule has 336 valence electrons. The first-order valence-corrected chi connectivity index (χ1v) is 25.1. The summed E-state index contributed by atoms with van der Waals surface area (Å²) < 4.78 is 5.44. The summed E-state index contributed by atoms with van der Waals surface area (Å²) in [5, 5.41) is 23.1. The van der Waals surface area contributed by atoms with E-state index in [9.17, 15) is 19.8 Å². The number of hydrogen-bond acceptors (Lipinski definition) is 5. The number of ether oxygens (including phenoxy) is 1. The van der Waals surface area contributed by atoms with E-state index in [-0.39, 0.29) is 18.5 Å². The summed E-state index contributed by atoms with van der Waals surface area (Å²) in [6, 6.07) is -0.579. The van der Waals surface area contributed by atoms with Gasteiger partial charge in [-0.05, 0) is 70.6 Å². The van der Waals surface area contributed by atoms with Crippen molar-refractivity contribution >= 4 is 11.9 Å². The van der Waals surface area contributed by atoms with E-state index in [4.69, 9.17) is 4.74 Å². The molecule has 0 aliphatic rings. The van der Waals surface area contributed by atoms with E-state index in [1.807, 2.05) is 0 Å². The van der Waals surface area contributed by atoms with Crippen LogP contribution in [0.4, 0.5) is 0 Å². The minimum absolute atomic E-state index is 0.0432. The molecule has 0 aromatic heterocycles. The van der Waals surface area contributed by atoms with Gasteiger partial charge in [0.05, 0.1) is 25.4 Å². The Morgan fingerprint density at radius 1 is 0.474 bits per heavy atom. The van der Waals surface area contributed by atoms with Crippen LogP contribution in [0.3, 0.4) is 0 Å². The maximum Gasteiger partial charge on any atom is 0.305 e. The van der Waals surface area contributed by atoms with Crippen molar-refractivity contribution in [3.05, 3.63) is 24.3 Å². The van der Waals surface area contributed by atoms with Gasteiger partial charge in [0, 0.05) is 12.8 Å². The number of aliphatic hydroxyl groups excluding tert-OH is 2. The van der Waals surface area contributed by atoms with Crippen molar-refractivity contribution in [2.75, 3.05) is 13.2 Å². The molecule has 0 spiro atoms. The van der Waals surface area contributed by atoms with Gasteiger partial charge >= 0.3 is 5.97 Å². The summed E-state index contributed by atoms with van der Waals surface area (Å²) in [7, 11) is 0. The zero-order valence-electron chi connectivity index (χ0n) is 38.1. The number of esters is 1. The molecule has 2 unspecified atom stereocenters. The fraction of sp³-hybridized carbons (Fsp3) is 0.882. The standard InChI is InChI=1S/C51H97NO5/c1-3-5-7-9-11-13-15-17-19-21-23-25-29-33-37-41-45-51(56)57-46-42-38-34-30-26-28-32-36-40-44-50(55)52-48(47-53)49(54)43-39-35-31-27-24-22-20-18-16-14-12-10-8-6-4-2/h19,21,28,32,48-49,53-54H,3-18,20,22-27,29-31,33-47H2,1-2H3,(H,52,55)/b21-19-,32-28-. The summed E-state index contributed by atoms with van der Waals surface area (Å²) in [5.41, 5.74) is 0. The van der Waals surface area contributed by atoms with Crippen LogP contribution in [0.1, 0.15) is 264 Å². The zero-order chi connectivity index (χ0) is 41.5. The highest BCUT2D eigenvalue weighted by atomic mass is 16.5. The molecule has 2 atom stereocenters. The number of nitrogens with one attached hydrogen (secondary N) is 1. The van der Waals surface area contributed by atoms with Crippen LogP contribution < -0.4 is 5.32 Å². The Bertz CT molecular complexity index is 889. The lowest BCUT2D eigenvalue weighted by Gasteiger charge is -2.22. The molecule has 6 nitrogen and oxygen atoms in total. The van der Waals surface area contributed by atoms with Crippen molar-refractivity contribution in [1.29, 1.82) is 0 Å². The molecule has 0 aliphatic heterocycles. The van der Waals surface area contributed by atoms with Crippen LogP contribution in [0, 0.1) is 0 Å². The van der Waals surface area contributed by atoms with Gasteiger partial charge < -0.3 is 20.3 Å². The molecular formula is C51H97NO5. The van der Waals surface area contributed by atoms with Crippen LogP contribution in [0.5, 0.6) is 0 Å². The largest absolute Gasteiger partial charge is 0.466 e. The Morgan fingerprint density at radius 3 is 1.28 bits per heavy atom. The average molecular weight is 804 g/mol. The Labute approximate surface area is 354 Å². The van der Waals surface area contributed by atoms with E-state index in [2.05, 4.69) is 43.5 Å². The van der Waals surface area contributed by atoms with Crippen LogP contribution in [-0.2, 0) is 14.3 Å². The second-order valence-corrected chi connectivity index (χ2v) is 17.1. The molecule has 0 saturated carbocycles. The predicted octanol–water partition coefficient (Wildman–Crippen LogP) is 14.7. The SMILES string of the molecule is CCCCCCCCC/C=C\CCCCCCCC(=O)OCCCCCC/C=C\CCCC(=O)NC(CO)C(O)CCCCCCCCCCCCCCCCC. The topological polar surface area (TPSA) is 95.9 Å². The molecule has 0 heterocycles. The summed E-state index contributed by atoms with van der Waals surface area (Å²) in [6.45, 7) is 4.85. The van der Waals surface area contributed by atoms with Gasteiger partial charge in [0.15, 0.2) is 0 Å². The van der Waals surface area contributed by atoms with Crippen molar-refractivity contribution in [2.45, 2.75) is 276 Å². The van der Waals surface area contributed by atoms with Gasteiger partial charge in [-0.15, -0.1) is 0 Å². The Morgan fingerprint density at radius 2 is 0.842 bits per heavy atom. The lowest BCUT2D eigenvalue weighted by atomic mass is 10.0. The highest BCUT2D eigenvalue weighted by Crippen LogP contribution is 2.16. The molecule has 0 rings (SSSR count). The molecule has 0 saturated heterocycles. The van der Waals surface area contributed by atoms with E-state index in [0.29, 0.717) is 25.9 Å². The number of carbonyl (C=O) groups is 2. The maximum atomic E-state index is 12.4. The van der Waals surface area contributed by atoms with Gasteiger partial charge in [0.2, 0.25) is 5.91 Å². The molecule has 0 radical (unpaired) electrons. The molecule has 6 heteroatoms. The Kier molecular flexibility index (Phi) is 45.7. The molecule has 0 bridgehead atoms. The first-order chi connectivity index (χ1) is 28.0. The van der Waals surface area contributed by atoms with Crippen molar-refractivity contribution < 1.29 is 24.5 Å². The molecule has 1 amide bonds. The Hall–Kier alpha value is -1.66. The van der Waals surface area contributed by atoms with Gasteiger partial charge in [-0.3, -0.25) is 9.59 Å². The smallest absolute Gasteiger partial charge is 0.305 e. The molecule has 0 aliphatic carbocycles. The van der Waals surface area contributed by atoms with Gasteiger partial charge in [-0.25, -0.2) is 0 Å². The summed E-state index contributed by atoms with van der Waals surface area (Å²) in [4.78, 5) is 24.4. The lowest BCUT2D eigenvalue weighted by Crippen LogP contribution is -2.45. The van der Waals surface area contributed by atoms with Crippen LogP contribution in [0.2, 0.25) is 0 Å². The monoisotopic (exact) mass is 804 g/mol. The molecule has 3 N–H and O–H groups in total. The van der Waals surface area contributed by atoms with E-state index >= 15 is 0 Å². The third-order valence-corrected chi connectivity index (χ3v) is 11.5. The molecular weight excluding hydrogens is 707 g/mol. The van der Waals surface area contributed by atoms with Gasteiger partial charge in [-0.2, -0.15) is 0 Å². The van der Waals surface area contributed by atoms with Gasteiger partial charge in [-0.1, -0.05) is 205 Å². The lowest BCUT2D eigenvalue weighted by molar-refractivity contribution is -0.143. The second kappa shape index (κ2) is 47.0. The predicted molar refractivity (Wildman–Crippen MR) is 246 cm³/mol. The number of amides is 1. The van der Waals surface area contributed by atoms with E-state index < -0.39 is 12.1 Å². The summed E-state index contributed by atoms with van der Waals surface area (Å²) >= 11 is 0. The number of aliphatic hydroxyl groups is 2. The quantitative estimate of drug-likeness (QED) is 0.0324. The maximum absolute atomic E-state index is 12.4. The minimum atomic E-state index is -0.695. The first-order valence-electron chi connectivity index (χ1n) is 25.1. The Balaban J connectivity index is 3.54. The zero-order valence-corrected chi connectivity index (χ0v) is 38.1. The number of carbonyl (C=O) groups excluding carboxylic acids is 2. The average Bonchev–Trinajstić information content (AvgIpc) is 3.21. The third kappa shape index (κ3) is 43.7. The third-order valence-electron chi connectivity index (χ3n) is 11.5. The summed E-state index contributed by atoms with van der Waals surface area (Å²) in [6.07, 6.45) is 54.3. The van der Waals surface area contributed by atoms with Crippen LogP contribution in [-0.4, -0.2) is 47.4 Å². The number of allylic oxidation sites excluding steroid dienone is 4. The van der Waals surface area contributed by atoms with Crippen molar-refractivity contribution in [2.24, 2.45) is 0 Å². The highest BCUT2D eigenvalue weighted by molar-refractivity contribution is 5.76. The van der Waals surface area contributed by atoms with E-state index in [1.54, 1.807) is 0 Å². The normalized spacial score (nSPS) is 12.8. The van der Waals surface area contributed by atoms with Crippen LogP contribution in [0.25, 0.3) is 0 Å². The summed E-state index contributed by atoms with van der Waals surface area (Å²) in [5.74, 6) is -0.139.